The van der Waals surface area contributed by atoms with Crippen LogP contribution in [0.15, 0.2) is 24.3 Å². The Morgan fingerprint density at radius 1 is 1.08 bits per heavy atom. The molecule has 0 atom stereocenters. The fourth-order valence-corrected chi connectivity index (χ4v) is 2.47. The molecule has 1 aromatic rings. The Balaban J connectivity index is 2.31. The van der Waals surface area contributed by atoms with Gasteiger partial charge in [0.25, 0.3) is 0 Å². The van der Waals surface area contributed by atoms with Crippen LogP contribution in [0.25, 0.3) is 0 Å². The number of hydrogen-bond acceptors (Lipinski definition) is 3. The van der Waals surface area contributed by atoms with Crippen molar-refractivity contribution in [3.05, 3.63) is 24.3 Å². The molecule has 0 aliphatic heterocycles. The van der Waals surface area contributed by atoms with Crippen molar-refractivity contribution < 1.29 is 9.53 Å². The third-order valence-corrected chi connectivity index (χ3v) is 3.82. The number of benzene rings is 1. The first-order chi connectivity index (χ1) is 11.7. The van der Waals surface area contributed by atoms with Crippen LogP contribution in [-0.4, -0.2) is 17.6 Å². The van der Waals surface area contributed by atoms with Crippen LogP contribution in [-0.2, 0) is 4.79 Å². The molecule has 0 fully saturated rings. The maximum Gasteiger partial charge on any atom is 0.226 e. The Bertz CT molecular complexity index is 506. The number of ether oxygens (including phenoxy) is 1. The molecule has 24 heavy (non-hydrogen) atoms. The molecule has 0 saturated heterocycles. The van der Waals surface area contributed by atoms with Gasteiger partial charge in [-0.2, -0.15) is 0 Å². The van der Waals surface area contributed by atoms with Gasteiger partial charge in [0.15, 0.2) is 5.11 Å². The van der Waals surface area contributed by atoms with Crippen LogP contribution in [0.2, 0.25) is 0 Å². The van der Waals surface area contributed by atoms with E-state index in [1.807, 2.05) is 24.3 Å². The van der Waals surface area contributed by atoms with Crippen molar-refractivity contribution in [3.63, 3.8) is 0 Å². The molecule has 1 rings (SSSR count). The van der Waals surface area contributed by atoms with E-state index in [-0.39, 0.29) is 5.91 Å². The Hall–Kier alpha value is -1.62. The summed E-state index contributed by atoms with van der Waals surface area (Å²) in [7, 11) is 0. The molecule has 0 heterocycles. The third-order valence-electron chi connectivity index (χ3n) is 3.62. The van der Waals surface area contributed by atoms with E-state index in [9.17, 15) is 4.79 Å². The van der Waals surface area contributed by atoms with Crippen molar-refractivity contribution in [1.29, 1.82) is 0 Å². The Labute approximate surface area is 151 Å². The molecule has 2 N–H and O–H groups in total. The number of hydrogen-bond donors (Lipinski definition) is 2. The summed E-state index contributed by atoms with van der Waals surface area (Å²) in [6.07, 6.45) is 8.30. The molecule has 134 valence electrons. The number of unbranched alkanes of at least 4 members (excludes halogenated alkanes) is 5. The number of amides is 1. The zero-order valence-corrected chi connectivity index (χ0v) is 15.7. The van der Waals surface area contributed by atoms with Crippen LogP contribution >= 0.6 is 12.2 Å². The number of nitrogens with one attached hydrogen (secondary N) is 2. The zero-order valence-electron chi connectivity index (χ0n) is 14.9. The molecule has 0 saturated carbocycles. The summed E-state index contributed by atoms with van der Waals surface area (Å²) < 4.78 is 5.66. The van der Waals surface area contributed by atoms with E-state index >= 15 is 0 Å². The van der Waals surface area contributed by atoms with Crippen LogP contribution < -0.4 is 15.4 Å². The van der Waals surface area contributed by atoms with Gasteiger partial charge in [-0.25, -0.2) is 0 Å². The van der Waals surface area contributed by atoms with Gasteiger partial charge in [0, 0.05) is 18.2 Å². The summed E-state index contributed by atoms with van der Waals surface area (Å²) in [5.41, 5.74) is 0.817. The molecule has 0 aromatic heterocycles. The molecule has 5 heteroatoms. The molecule has 1 amide bonds. The summed E-state index contributed by atoms with van der Waals surface area (Å²) in [6, 6.07) is 7.61. The maximum absolute atomic E-state index is 11.9. The molecule has 0 bridgehead atoms. The lowest BCUT2D eigenvalue weighted by molar-refractivity contribution is -0.119. The lowest BCUT2D eigenvalue weighted by Gasteiger charge is -2.11. The van der Waals surface area contributed by atoms with E-state index in [4.69, 9.17) is 17.0 Å². The lowest BCUT2D eigenvalue weighted by Crippen LogP contribution is -2.33. The fraction of sp³-hybridized carbons (Fsp3) is 0.579. The van der Waals surface area contributed by atoms with Crippen molar-refractivity contribution in [3.8, 4) is 5.75 Å². The monoisotopic (exact) mass is 350 g/mol. The molecule has 0 radical (unpaired) electrons. The van der Waals surface area contributed by atoms with Crippen LogP contribution in [0.4, 0.5) is 5.69 Å². The summed E-state index contributed by atoms with van der Waals surface area (Å²) in [5, 5.41) is 6.10. The van der Waals surface area contributed by atoms with Crippen molar-refractivity contribution in [2.75, 3.05) is 11.9 Å². The predicted octanol–water partition coefficient (Wildman–Crippen LogP) is 5.04. The molecule has 0 unspecified atom stereocenters. The van der Waals surface area contributed by atoms with Crippen LogP contribution in [0.1, 0.15) is 65.2 Å². The van der Waals surface area contributed by atoms with Gasteiger partial charge in [0.1, 0.15) is 5.75 Å². The van der Waals surface area contributed by atoms with E-state index in [0.29, 0.717) is 18.1 Å². The van der Waals surface area contributed by atoms with Gasteiger partial charge in [-0.15, -0.1) is 0 Å². The number of thiocarbonyl (C=S) groups is 1. The smallest absolute Gasteiger partial charge is 0.226 e. The molecular weight excluding hydrogens is 320 g/mol. The number of anilines is 1. The molecule has 0 aliphatic carbocycles. The maximum atomic E-state index is 11.9. The van der Waals surface area contributed by atoms with Gasteiger partial charge in [0.2, 0.25) is 5.91 Å². The van der Waals surface area contributed by atoms with Crippen LogP contribution in [0, 0.1) is 0 Å². The van der Waals surface area contributed by atoms with E-state index in [0.717, 1.165) is 37.1 Å². The largest absolute Gasteiger partial charge is 0.494 e. The first-order valence-corrected chi connectivity index (χ1v) is 9.40. The van der Waals surface area contributed by atoms with E-state index in [2.05, 4.69) is 24.5 Å². The number of rotatable bonds is 11. The van der Waals surface area contributed by atoms with Crippen molar-refractivity contribution in [2.24, 2.45) is 0 Å². The van der Waals surface area contributed by atoms with Gasteiger partial charge in [-0.05, 0) is 37.2 Å². The Morgan fingerprint density at radius 2 is 1.83 bits per heavy atom. The van der Waals surface area contributed by atoms with Gasteiger partial charge in [-0.1, -0.05) is 52.0 Å². The van der Waals surface area contributed by atoms with E-state index < -0.39 is 0 Å². The zero-order chi connectivity index (χ0) is 17.6. The van der Waals surface area contributed by atoms with Gasteiger partial charge in [-0.3, -0.25) is 4.79 Å². The topological polar surface area (TPSA) is 50.4 Å². The highest BCUT2D eigenvalue weighted by Crippen LogP contribution is 2.17. The quantitative estimate of drug-likeness (QED) is 0.434. The van der Waals surface area contributed by atoms with Gasteiger partial charge < -0.3 is 15.4 Å². The Morgan fingerprint density at radius 3 is 2.58 bits per heavy atom. The average molecular weight is 351 g/mol. The van der Waals surface area contributed by atoms with Crippen molar-refractivity contribution in [1.82, 2.24) is 5.32 Å². The van der Waals surface area contributed by atoms with E-state index in [1.165, 1.54) is 19.3 Å². The summed E-state index contributed by atoms with van der Waals surface area (Å²) in [4.78, 5) is 11.9. The first kappa shape index (κ1) is 20.4. The Kier molecular flexibility index (Phi) is 10.9. The summed E-state index contributed by atoms with van der Waals surface area (Å²) in [5.74, 6) is 0.776. The molecule has 4 nitrogen and oxygen atoms in total. The molecular formula is C19H30N2O2S. The normalized spacial score (nSPS) is 10.2. The predicted molar refractivity (Wildman–Crippen MR) is 105 cm³/mol. The highest BCUT2D eigenvalue weighted by atomic mass is 32.1. The highest BCUT2D eigenvalue weighted by molar-refractivity contribution is 7.80. The van der Waals surface area contributed by atoms with Crippen LogP contribution in [0.5, 0.6) is 5.75 Å². The van der Waals surface area contributed by atoms with Gasteiger partial charge in [0.05, 0.1) is 6.61 Å². The summed E-state index contributed by atoms with van der Waals surface area (Å²) in [6.45, 7) is 5.02. The number of carbonyl (C=O) groups is 1. The second-order valence-electron chi connectivity index (χ2n) is 5.90. The lowest BCUT2D eigenvalue weighted by atomic mass is 10.1. The minimum Gasteiger partial charge on any atom is -0.494 e. The number of carbonyl (C=O) groups excluding carboxylic acids is 1. The fourth-order valence-electron chi connectivity index (χ4n) is 2.24. The minimum atomic E-state index is -0.0284. The second-order valence-corrected chi connectivity index (χ2v) is 6.30. The molecule has 1 aromatic carbocycles. The van der Waals surface area contributed by atoms with Gasteiger partial charge >= 0.3 is 0 Å². The second kappa shape index (κ2) is 12.8. The molecule has 0 spiro atoms. The summed E-state index contributed by atoms with van der Waals surface area (Å²) >= 11 is 5.20. The third kappa shape index (κ3) is 9.50. The average Bonchev–Trinajstić information content (AvgIpc) is 2.55. The van der Waals surface area contributed by atoms with Crippen LogP contribution in [0.3, 0.4) is 0 Å². The minimum absolute atomic E-state index is 0.0284. The van der Waals surface area contributed by atoms with E-state index in [1.54, 1.807) is 0 Å². The molecule has 0 aliphatic rings. The van der Waals surface area contributed by atoms with Crippen molar-refractivity contribution >= 4 is 28.9 Å². The highest BCUT2D eigenvalue weighted by Gasteiger charge is 2.05. The standard InChI is InChI=1S/C19H30N2O2S/c1-3-5-7-8-9-13-18(22)21-19(24)20-16-11-10-12-17(15-16)23-14-6-4-2/h10-12,15H,3-9,13-14H2,1-2H3,(H2,20,21,22,24). The SMILES string of the molecule is CCCCCCCC(=O)NC(=S)Nc1cccc(OCCCC)c1. The van der Waals surface area contributed by atoms with Crippen molar-refractivity contribution in [2.45, 2.75) is 65.2 Å². The first-order valence-electron chi connectivity index (χ1n) is 8.99.